The summed E-state index contributed by atoms with van der Waals surface area (Å²) in [6.45, 7) is 12.1. The van der Waals surface area contributed by atoms with Gasteiger partial charge in [-0.05, 0) is 42.5 Å². The Labute approximate surface area is 201 Å². The smallest absolute Gasteiger partial charge is 0.295 e. The Hall–Kier alpha value is -2.96. The molecule has 0 spiro atoms. The van der Waals surface area contributed by atoms with Gasteiger partial charge < -0.3 is 14.7 Å². The number of aliphatic hydroxyl groups excluding tert-OH is 1. The summed E-state index contributed by atoms with van der Waals surface area (Å²) >= 11 is 0. The number of ketones is 1. The largest absolute Gasteiger partial charge is 0.507 e. The van der Waals surface area contributed by atoms with Gasteiger partial charge in [-0.3, -0.25) is 14.5 Å². The zero-order valence-electron chi connectivity index (χ0n) is 20.5. The van der Waals surface area contributed by atoms with E-state index in [1.165, 1.54) is 5.56 Å². The van der Waals surface area contributed by atoms with Crippen LogP contribution in [-0.4, -0.2) is 66.0 Å². The Morgan fingerprint density at radius 2 is 1.71 bits per heavy atom. The van der Waals surface area contributed by atoms with Crippen molar-refractivity contribution >= 4 is 17.4 Å². The first kappa shape index (κ1) is 24.2. The monoisotopic (exact) mass is 462 g/mol. The molecule has 1 atom stereocenters. The summed E-state index contributed by atoms with van der Waals surface area (Å²) in [4.78, 5) is 30.4. The zero-order chi connectivity index (χ0) is 24.4. The van der Waals surface area contributed by atoms with Gasteiger partial charge in [0.2, 0.25) is 0 Å². The molecule has 2 saturated heterocycles. The van der Waals surface area contributed by atoms with Crippen molar-refractivity contribution in [1.29, 1.82) is 0 Å². The van der Waals surface area contributed by atoms with Crippen LogP contribution in [0.5, 0.6) is 0 Å². The van der Waals surface area contributed by atoms with Gasteiger partial charge in [-0.25, -0.2) is 0 Å². The highest BCUT2D eigenvalue weighted by molar-refractivity contribution is 6.46. The number of hydrogen-bond acceptors (Lipinski definition) is 5. The van der Waals surface area contributed by atoms with E-state index in [4.69, 9.17) is 4.74 Å². The second kappa shape index (κ2) is 10.1. The van der Waals surface area contributed by atoms with Crippen molar-refractivity contribution < 1.29 is 19.4 Å². The molecule has 34 heavy (non-hydrogen) atoms. The van der Waals surface area contributed by atoms with Gasteiger partial charge in [-0.15, -0.1) is 0 Å². The summed E-state index contributed by atoms with van der Waals surface area (Å²) in [7, 11) is 0. The first-order valence-corrected chi connectivity index (χ1v) is 12.0. The third-order valence-corrected chi connectivity index (χ3v) is 6.87. The van der Waals surface area contributed by atoms with Gasteiger partial charge in [0.15, 0.2) is 0 Å². The van der Waals surface area contributed by atoms with Crippen LogP contribution in [0.15, 0.2) is 48.0 Å². The van der Waals surface area contributed by atoms with Crippen molar-refractivity contribution in [3.05, 3.63) is 75.9 Å². The molecule has 2 fully saturated rings. The van der Waals surface area contributed by atoms with Crippen molar-refractivity contribution in [2.45, 2.75) is 39.7 Å². The minimum absolute atomic E-state index is 0.105. The molecule has 2 aliphatic rings. The number of amides is 1. The molecule has 0 aromatic heterocycles. The predicted octanol–water partition coefficient (Wildman–Crippen LogP) is 4.18. The molecule has 2 aliphatic heterocycles. The molecule has 0 aliphatic carbocycles. The van der Waals surface area contributed by atoms with Crippen molar-refractivity contribution in [1.82, 2.24) is 9.80 Å². The topological polar surface area (TPSA) is 70.1 Å². The Bertz CT molecular complexity index is 1100. The SMILES string of the molecule is Cc1ccc(C)c(/C(O)=C2\C(=O)C(=O)N(CCN3CCOCC3)C2c2ccc(C(C)C)cc2)c1. The molecule has 4 rings (SSSR count). The molecular formula is C28H34N2O4. The van der Waals surface area contributed by atoms with Gasteiger partial charge in [0, 0.05) is 31.7 Å². The van der Waals surface area contributed by atoms with Crippen LogP contribution in [0.25, 0.3) is 5.76 Å². The van der Waals surface area contributed by atoms with Crippen LogP contribution in [0.4, 0.5) is 0 Å². The summed E-state index contributed by atoms with van der Waals surface area (Å²) in [5.74, 6) is -0.917. The van der Waals surface area contributed by atoms with E-state index in [0.717, 1.165) is 29.8 Å². The number of nitrogens with zero attached hydrogens (tertiary/aromatic N) is 2. The van der Waals surface area contributed by atoms with E-state index in [-0.39, 0.29) is 11.3 Å². The maximum absolute atomic E-state index is 13.3. The number of morpholine rings is 1. The Kier molecular flexibility index (Phi) is 7.19. The van der Waals surface area contributed by atoms with Crippen molar-refractivity contribution in [3.63, 3.8) is 0 Å². The Morgan fingerprint density at radius 3 is 2.35 bits per heavy atom. The predicted molar refractivity (Wildman–Crippen MR) is 133 cm³/mol. The first-order valence-electron chi connectivity index (χ1n) is 12.0. The van der Waals surface area contributed by atoms with Gasteiger partial charge >= 0.3 is 0 Å². The molecule has 0 radical (unpaired) electrons. The van der Waals surface area contributed by atoms with Crippen LogP contribution >= 0.6 is 0 Å². The number of rotatable bonds is 6. The minimum atomic E-state index is -0.627. The van der Waals surface area contributed by atoms with E-state index in [0.29, 0.717) is 37.8 Å². The standard InChI is InChI=1S/C28H34N2O4/c1-18(2)21-7-9-22(10-8-21)25-24(26(31)23-17-19(3)5-6-20(23)4)27(32)28(33)30(25)12-11-29-13-15-34-16-14-29/h5-10,17-18,25,31H,11-16H2,1-4H3/b26-24+. The molecular weight excluding hydrogens is 428 g/mol. The number of carbonyl (C=O) groups excluding carboxylic acids is 2. The van der Waals surface area contributed by atoms with E-state index in [1.807, 2.05) is 56.3 Å². The number of hydrogen-bond donors (Lipinski definition) is 1. The molecule has 2 aromatic carbocycles. The molecule has 1 amide bonds. The Balaban J connectivity index is 1.77. The highest BCUT2D eigenvalue weighted by Gasteiger charge is 2.46. The number of benzene rings is 2. The van der Waals surface area contributed by atoms with Crippen LogP contribution in [0.1, 0.15) is 53.6 Å². The normalized spacial score (nSPS) is 21.0. The van der Waals surface area contributed by atoms with E-state index >= 15 is 0 Å². The average Bonchev–Trinajstić information content (AvgIpc) is 3.09. The number of carbonyl (C=O) groups is 2. The zero-order valence-corrected chi connectivity index (χ0v) is 20.5. The van der Waals surface area contributed by atoms with Gasteiger partial charge in [-0.1, -0.05) is 55.8 Å². The maximum Gasteiger partial charge on any atom is 0.295 e. The second-order valence-corrected chi connectivity index (χ2v) is 9.59. The Morgan fingerprint density at radius 1 is 1.03 bits per heavy atom. The number of ether oxygens (including phenoxy) is 1. The minimum Gasteiger partial charge on any atom is -0.507 e. The van der Waals surface area contributed by atoms with Crippen molar-refractivity contribution in [2.24, 2.45) is 0 Å². The van der Waals surface area contributed by atoms with Crippen molar-refractivity contribution in [3.8, 4) is 0 Å². The molecule has 180 valence electrons. The van der Waals surface area contributed by atoms with Crippen molar-refractivity contribution in [2.75, 3.05) is 39.4 Å². The average molecular weight is 463 g/mol. The van der Waals surface area contributed by atoms with Crippen LogP contribution in [0, 0.1) is 13.8 Å². The van der Waals surface area contributed by atoms with E-state index < -0.39 is 17.7 Å². The second-order valence-electron chi connectivity index (χ2n) is 9.59. The fourth-order valence-corrected chi connectivity index (χ4v) is 4.73. The van der Waals surface area contributed by atoms with Gasteiger partial charge in [0.05, 0.1) is 24.8 Å². The van der Waals surface area contributed by atoms with Gasteiger partial charge in [0.1, 0.15) is 5.76 Å². The molecule has 2 heterocycles. The van der Waals surface area contributed by atoms with Crippen LogP contribution in [-0.2, 0) is 14.3 Å². The third kappa shape index (κ3) is 4.79. The number of Topliss-reactive ketones (excluding diaryl/α,β-unsaturated/α-hetero) is 1. The fourth-order valence-electron chi connectivity index (χ4n) is 4.73. The van der Waals surface area contributed by atoms with Crippen LogP contribution < -0.4 is 0 Å². The van der Waals surface area contributed by atoms with Crippen LogP contribution in [0.2, 0.25) is 0 Å². The highest BCUT2D eigenvalue weighted by Crippen LogP contribution is 2.40. The molecule has 0 saturated carbocycles. The first-order chi connectivity index (χ1) is 16.3. The number of aryl methyl sites for hydroxylation is 2. The summed E-state index contributed by atoms with van der Waals surface area (Å²) in [5, 5.41) is 11.4. The maximum atomic E-state index is 13.3. The molecule has 1 unspecified atom stereocenters. The highest BCUT2D eigenvalue weighted by atomic mass is 16.5. The molecule has 6 heteroatoms. The number of likely N-dealkylation sites (tertiary alicyclic amines) is 1. The summed E-state index contributed by atoms with van der Waals surface area (Å²) in [5.41, 5.74) is 4.61. The lowest BCUT2D eigenvalue weighted by molar-refractivity contribution is -0.140. The molecule has 6 nitrogen and oxygen atoms in total. The van der Waals surface area contributed by atoms with E-state index in [1.54, 1.807) is 4.90 Å². The molecule has 0 bridgehead atoms. The quantitative estimate of drug-likeness (QED) is 0.396. The summed E-state index contributed by atoms with van der Waals surface area (Å²) in [6, 6.07) is 13.2. The van der Waals surface area contributed by atoms with Crippen LogP contribution in [0.3, 0.4) is 0 Å². The lowest BCUT2D eigenvalue weighted by Gasteiger charge is -2.31. The molecule has 1 N–H and O–H groups in total. The third-order valence-electron chi connectivity index (χ3n) is 6.87. The lowest BCUT2D eigenvalue weighted by Crippen LogP contribution is -2.42. The molecule has 2 aromatic rings. The van der Waals surface area contributed by atoms with Gasteiger partial charge in [0.25, 0.3) is 11.7 Å². The van der Waals surface area contributed by atoms with Gasteiger partial charge in [-0.2, -0.15) is 0 Å². The lowest BCUT2D eigenvalue weighted by atomic mass is 9.92. The summed E-state index contributed by atoms with van der Waals surface area (Å²) < 4.78 is 5.43. The van der Waals surface area contributed by atoms with E-state index in [9.17, 15) is 14.7 Å². The summed E-state index contributed by atoms with van der Waals surface area (Å²) in [6.07, 6.45) is 0. The van der Waals surface area contributed by atoms with E-state index in [2.05, 4.69) is 18.7 Å². The number of aliphatic hydroxyl groups is 1. The fraction of sp³-hybridized carbons (Fsp3) is 0.429.